The van der Waals surface area contributed by atoms with Crippen LogP contribution in [0.25, 0.3) is 16.6 Å². The largest absolute Gasteiger partial charge is 0.371 e. The van der Waals surface area contributed by atoms with Gasteiger partial charge in [-0.1, -0.05) is 36.4 Å². The van der Waals surface area contributed by atoms with Gasteiger partial charge in [-0.15, -0.1) is 0 Å². The maximum absolute atomic E-state index is 7.12. The molecule has 0 amide bonds. The zero-order chi connectivity index (χ0) is 13.7. The van der Waals surface area contributed by atoms with Crippen molar-refractivity contribution in [1.82, 2.24) is 4.57 Å². The summed E-state index contributed by atoms with van der Waals surface area (Å²) in [5.74, 6) is 0. The highest BCUT2D eigenvalue weighted by molar-refractivity contribution is 5.85. The first-order chi connectivity index (χ1) is 9.27. The van der Waals surface area contributed by atoms with Gasteiger partial charge >= 0.3 is 0 Å². The minimum absolute atomic E-state index is 0.750. The van der Waals surface area contributed by atoms with E-state index in [1.165, 1.54) is 22.2 Å². The lowest BCUT2D eigenvalue weighted by molar-refractivity contribution is 0.0773. The summed E-state index contributed by atoms with van der Waals surface area (Å²) in [6.45, 7) is 1.40. The molecule has 3 aromatic rings. The molecule has 0 radical (unpaired) electrons. The number of benzene rings is 2. The molecule has 0 aliphatic rings. The summed E-state index contributed by atoms with van der Waals surface area (Å²) in [7, 11) is 0. The van der Waals surface area contributed by atoms with Crippen LogP contribution < -0.4 is 0 Å². The number of rotatable bonds is 1. The Morgan fingerprint density at radius 1 is 0.895 bits per heavy atom. The van der Waals surface area contributed by atoms with Crippen LogP contribution in [-0.2, 0) is 0 Å². The number of para-hydroxylation sites is 2. The normalized spacial score (nSPS) is 10.1. The number of fused-ring (bicyclic) bond motifs is 1. The highest BCUT2D eigenvalue weighted by atomic mass is 16.5. The third-order valence-corrected chi connectivity index (χ3v) is 2.95. The molecule has 0 bridgehead atoms. The Bertz CT molecular complexity index is 644. The monoisotopic (exact) mass is 255 g/mol. The molecule has 98 valence electrons. The Hall–Kier alpha value is -2.10. The molecule has 1 heterocycles. The Morgan fingerprint density at radius 3 is 2.16 bits per heavy atom. The van der Waals surface area contributed by atoms with Gasteiger partial charge in [-0.3, -0.25) is 0 Å². The van der Waals surface area contributed by atoms with E-state index in [-0.39, 0.29) is 0 Å². The second kappa shape index (κ2) is 6.18. The smallest absolute Gasteiger partial charge is 0.140 e. The molecule has 0 aliphatic heterocycles. The minimum Gasteiger partial charge on any atom is -0.371 e. The maximum Gasteiger partial charge on any atom is 0.140 e. The van der Waals surface area contributed by atoms with Gasteiger partial charge in [0.05, 0.1) is 5.52 Å². The minimum atomic E-state index is -0.750. The van der Waals surface area contributed by atoms with Crippen molar-refractivity contribution in [3.8, 4) is 5.69 Å². The fourth-order valence-corrected chi connectivity index (χ4v) is 2.15. The van der Waals surface area contributed by atoms with Crippen molar-refractivity contribution in [3.05, 3.63) is 66.4 Å². The van der Waals surface area contributed by atoms with Crippen LogP contribution in [0.4, 0.5) is 0 Å². The fraction of sp³-hybridized carbons (Fsp3) is 0.125. The van der Waals surface area contributed by atoms with Crippen LogP contribution in [-0.4, -0.2) is 21.6 Å². The first kappa shape index (κ1) is 13.3. The zero-order valence-electron chi connectivity index (χ0n) is 10.8. The van der Waals surface area contributed by atoms with Crippen LogP contribution in [0.2, 0.25) is 0 Å². The van der Waals surface area contributed by atoms with E-state index in [0.717, 1.165) is 0 Å². The highest BCUT2D eigenvalue weighted by Gasteiger charge is 2.04. The topological polar surface area (TPSA) is 45.4 Å². The lowest BCUT2D eigenvalue weighted by Crippen LogP contribution is -1.90. The van der Waals surface area contributed by atoms with Crippen molar-refractivity contribution in [3.63, 3.8) is 0 Å². The molecule has 2 N–H and O–H groups in total. The molecule has 1 aromatic heterocycles. The van der Waals surface area contributed by atoms with Crippen LogP contribution >= 0.6 is 0 Å². The standard InChI is InChI=1S/C15H13N.CH4O2/c1-12-11-16(13-7-3-2-4-8-13)15-10-6-5-9-14(12)15;2-1-3/h2-11H,1H3;2-3H,1H2. The van der Waals surface area contributed by atoms with Crippen LogP contribution in [0.3, 0.4) is 0 Å². The van der Waals surface area contributed by atoms with Gasteiger partial charge in [-0.2, -0.15) is 0 Å². The Kier molecular flexibility index (Phi) is 4.34. The molecule has 0 aliphatic carbocycles. The van der Waals surface area contributed by atoms with Crippen molar-refractivity contribution in [1.29, 1.82) is 0 Å². The van der Waals surface area contributed by atoms with E-state index in [9.17, 15) is 0 Å². The van der Waals surface area contributed by atoms with Gasteiger partial charge in [-0.05, 0) is 30.7 Å². The Balaban J connectivity index is 0.000000408. The van der Waals surface area contributed by atoms with Crippen molar-refractivity contribution >= 4 is 10.9 Å². The Morgan fingerprint density at radius 2 is 1.47 bits per heavy atom. The van der Waals surface area contributed by atoms with E-state index in [0.29, 0.717) is 0 Å². The summed E-state index contributed by atoms with van der Waals surface area (Å²) in [6.07, 6.45) is 2.19. The molecular formula is C16H17NO2. The molecule has 0 spiro atoms. The quantitative estimate of drug-likeness (QED) is 0.657. The molecule has 3 nitrogen and oxygen atoms in total. The van der Waals surface area contributed by atoms with Gasteiger partial charge in [0.25, 0.3) is 0 Å². The summed E-state index contributed by atoms with van der Waals surface area (Å²) in [5, 5.41) is 15.6. The van der Waals surface area contributed by atoms with Crippen LogP contribution in [0.15, 0.2) is 60.8 Å². The zero-order valence-corrected chi connectivity index (χ0v) is 10.8. The SMILES string of the molecule is Cc1cn(-c2ccccc2)c2ccccc12.OCO. The fourth-order valence-electron chi connectivity index (χ4n) is 2.15. The van der Waals surface area contributed by atoms with Crippen LogP contribution in [0, 0.1) is 6.92 Å². The Labute approximate surface area is 112 Å². The van der Waals surface area contributed by atoms with Gasteiger partial charge in [0.15, 0.2) is 0 Å². The number of aliphatic hydroxyl groups is 2. The van der Waals surface area contributed by atoms with E-state index in [1.807, 2.05) is 6.07 Å². The highest BCUT2D eigenvalue weighted by Crippen LogP contribution is 2.23. The second-order valence-electron chi connectivity index (χ2n) is 4.18. The summed E-state index contributed by atoms with van der Waals surface area (Å²) < 4.78 is 2.24. The average molecular weight is 255 g/mol. The number of hydrogen-bond acceptors (Lipinski definition) is 2. The van der Waals surface area contributed by atoms with Gasteiger partial charge in [0.1, 0.15) is 6.79 Å². The van der Waals surface area contributed by atoms with Gasteiger partial charge in [0.2, 0.25) is 0 Å². The first-order valence-corrected chi connectivity index (χ1v) is 6.11. The third kappa shape index (κ3) is 2.84. The van der Waals surface area contributed by atoms with Crippen molar-refractivity contribution in [2.24, 2.45) is 0 Å². The molecule has 0 unspecified atom stereocenters. The second-order valence-corrected chi connectivity index (χ2v) is 4.18. The number of hydrogen-bond donors (Lipinski definition) is 2. The maximum atomic E-state index is 7.12. The molecule has 0 atom stereocenters. The van der Waals surface area contributed by atoms with Crippen molar-refractivity contribution in [2.75, 3.05) is 6.79 Å². The van der Waals surface area contributed by atoms with Crippen LogP contribution in [0.1, 0.15) is 5.56 Å². The summed E-state index contributed by atoms with van der Waals surface area (Å²) in [6, 6.07) is 18.9. The summed E-state index contributed by atoms with van der Waals surface area (Å²) >= 11 is 0. The number of aromatic nitrogens is 1. The molecular weight excluding hydrogens is 238 g/mol. The molecule has 3 rings (SSSR count). The van der Waals surface area contributed by atoms with Crippen molar-refractivity contribution in [2.45, 2.75) is 6.92 Å². The molecule has 0 fully saturated rings. The molecule has 3 heteroatoms. The van der Waals surface area contributed by atoms with Gasteiger partial charge in [-0.25, -0.2) is 0 Å². The van der Waals surface area contributed by atoms with Crippen LogP contribution in [0.5, 0.6) is 0 Å². The van der Waals surface area contributed by atoms with E-state index >= 15 is 0 Å². The molecule has 19 heavy (non-hydrogen) atoms. The summed E-state index contributed by atoms with van der Waals surface area (Å²) in [4.78, 5) is 0. The van der Waals surface area contributed by atoms with E-state index in [2.05, 4.69) is 66.2 Å². The van der Waals surface area contributed by atoms with E-state index in [1.54, 1.807) is 0 Å². The predicted octanol–water partition coefficient (Wildman–Crippen LogP) is 2.87. The first-order valence-electron chi connectivity index (χ1n) is 6.11. The molecule has 2 aromatic carbocycles. The number of aliphatic hydroxyl groups excluding tert-OH is 1. The molecule has 0 saturated carbocycles. The van der Waals surface area contributed by atoms with E-state index in [4.69, 9.17) is 10.2 Å². The number of nitrogens with zero attached hydrogens (tertiary/aromatic N) is 1. The molecule has 0 saturated heterocycles. The summed E-state index contributed by atoms with van der Waals surface area (Å²) in [5.41, 5.74) is 3.80. The van der Waals surface area contributed by atoms with Gasteiger partial charge in [0, 0.05) is 17.3 Å². The van der Waals surface area contributed by atoms with Crippen molar-refractivity contribution < 1.29 is 10.2 Å². The predicted molar refractivity (Wildman–Crippen MR) is 77.3 cm³/mol. The lowest BCUT2D eigenvalue weighted by Gasteiger charge is -2.04. The average Bonchev–Trinajstić information content (AvgIpc) is 2.79. The van der Waals surface area contributed by atoms with Gasteiger partial charge < -0.3 is 14.8 Å². The third-order valence-electron chi connectivity index (χ3n) is 2.95. The van der Waals surface area contributed by atoms with E-state index < -0.39 is 6.79 Å². The number of aryl methyl sites for hydroxylation is 1. The lowest BCUT2D eigenvalue weighted by atomic mass is 10.2.